The minimum Gasteiger partial charge on any atom is -0.312 e. The summed E-state index contributed by atoms with van der Waals surface area (Å²) in [7, 11) is -2.94. The van der Waals surface area contributed by atoms with Crippen molar-refractivity contribution >= 4 is 9.84 Å². The zero-order chi connectivity index (χ0) is 12.9. The van der Waals surface area contributed by atoms with E-state index in [2.05, 4.69) is 10.3 Å². The number of aromatic nitrogens is 1. The van der Waals surface area contributed by atoms with Gasteiger partial charge in [-0.1, -0.05) is 6.07 Å². The summed E-state index contributed by atoms with van der Waals surface area (Å²) in [5.74, 6) is 0.184. The number of sulfone groups is 1. The van der Waals surface area contributed by atoms with Crippen molar-refractivity contribution in [2.45, 2.75) is 32.6 Å². The Morgan fingerprint density at radius 2 is 2.06 bits per heavy atom. The summed E-state index contributed by atoms with van der Waals surface area (Å²) in [6.45, 7) is 6.49. The summed E-state index contributed by atoms with van der Waals surface area (Å²) in [5.41, 5.74) is 2.05. The fourth-order valence-electron chi connectivity index (χ4n) is 1.29. The molecule has 5 heteroatoms. The third-order valence-electron chi connectivity index (χ3n) is 2.58. The van der Waals surface area contributed by atoms with Crippen molar-refractivity contribution in [2.24, 2.45) is 0 Å². The van der Waals surface area contributed by atoms with Gasteiger partial charge in [-0.15, -0.1) is 0 Å². The van der Waals surface area contributed by atoms with Crippen LogP contribution >= 0.6 is 0 Å². The van der Waals surface area contributed by atoms with E-state index in [1.165, 1.54) is 0 Å². The van der Waals surface area contributed by atoms with Crippen molar-refractivity contribution in [3.8, 4) is 0 Å². The van der Waals surface area contributed by atoms with Crippen LogP contribution in [-0.2, 0) is 16.4 Å². The van der Waals surface area contributed by atoms with Gasteiger partial charge in [0.05, 0.1) is 11.0 Å². The van der Waals surface area contributed by atoms with Crippen LogP contribution in [0, 0.1) is 6.92 Å². The van der Waals surface area contributed by atoms with Crippen LogP contribution in [0.2, 0.25) is 0 Å². The first-order chi connectivity index (χ1) is 7.92. The normalized spacial score (nSPS) is 12.0. The summed E-state index contributed by atoms with van der Waals surface area (Å²) in [5, 5.41) is 2.81. The van der Waals surface area contributed by atoms with Crippen LogP contribution in [0.1, 0.15) is 25.1 Å². The second-order valence-electron chi connectivity index (χ2n) is 4.40. The largest absolute Gasteiger partial charge is 0.312 e. The Labute approximate surface area is 103 Å². The topological polar surface area (TPSA) is 59.1 Å². The minimum absolute atomic E-state index is 0.184. The zero-order valence-electron chi connectivity index (χ0n) is 10.6. The first-order valence-electron chi connectivity index (χ1n) is 5.75. The summed E-state index contributed by atoms with van der Waals surface area (Å²) in [6, 6.07) is 3.94. The Morgan fingerprint density at radius 1 is 1.35 bits per heavy atom. The van der Waals surface area contributed by atoms with Gasteiger partial charge in [-0.05, 0) is 32.4 Å². The lowest BCUT2D eigenvalue weighted by molar-refractivity contribution is 0.582. The SMILES string of the molecule is Cc1ccc(CNCCS(=O)(=O)C(C)C)cn1. The molecule has 0 spiro atoms. The van der Waals surface area contributed by atoms with E-state index in [0.717, 1.165) is 11.3 Å². The van der Waals surface area contributed by atoms with Crippen LogP contribution < -0.4 is 5.32 Å². The van der Waals surface area contributed by atoms with Gasteiger partial charge in [-0.25, -0.2) is 8.42 Å². The molecule has 4 nitrogen and oxygen atoms in total. The first kappa shape index (κ1) is 14.1. The highest BCUT2D eigenvalue weighted by Crippen LogP contribution is 2.01. The standard InChI is InChI=1S/C12H20N2O2S/c1-10(2)17(15,16)7-6-13-8-12-5-4-11(3)14-9-12/h4-5,9-10,13H,6-8H2,1-3H3. The van der Waals surface area contributed by atoms with E-state index in [1.54, 1.807) is 20.0 Å². The number of hydrogen-bond donors (Lipinski definition) is 1. The van der Waals surface area contributed by atoms with Gasteiger partial charge in [0.1, 0.15) is 0 Å². The van der Waals surface area contributed by atoms with Crippen LogP contribution in [0.3, 0.4) is 0 Å². The van der Waals surface area contributed by atoms with Crippen LogP contribution in [-0.4, -0.2) is 30.9 Å². The molecule has 0 radical (unpaired) electrons. The van der Waals surface area contributed by atoms with Crippen molar-refractivity contribution in [1.29, 1.82) is 0 Å². The molecule has 0 saturated heterocycles. The van der Waals surface area contributed by atoms with Crippen LogP contribution in [0.25, 0.3) is 0 Å². The maximum Gasteiger partial charge on any atom is 0.153 e. The summed E-state index contributed by atoms with van der Waals surface area (Å²) < 4.78 is 23.1. The van der Waals surface area contributed by atoms with Crippen molar-refractivity contribution < 1.29 is 8.42 Å². The van der Waals surface area contributed by atoms with Gasteiger partial charge >= 0.3 is 0 Å². The minimum atomic E-state index is -2.94. The quantitative estimate of drug-likeness (QED) is 0.780. The van der Waals surface area contributed by atoms with Gasteiger partial charge < -0.3 is 5.32 Å². The average Bonchev–Trinajstić information content (AvgIpc) is 2.26. The molecule has 17 heavy (non-hydrogen) atoms. The average molecular weight is 256 g/mol. The summed E-state index contributed by atoms with van der Waals surface area (Å²) in [6.07, 6.45) is 1.80. The molecule has 0 aliphatic heterocycles. The summed E-state index contributed by atoms with van der Waals surface area (Å²) in [4.78, 5) is 4.18. The zero-order valence-corrected chi connectivity index (χ0v) is 11.4. The van der Waals surface area contributed by atoms with E-state index < -0.39 is 9.84 Å². The molecule has 0 aliphatic rings. The number of hydrogen-bond acceptors (Lipinski definition) is 4. The Balaban J connectivity index is 2.32. The van der Waals surface area contributed by atoms with Gasteiger partial charge in [-0.2, -0.15) is 0 Å². The van der Waals surface area contributed by atoms with Crippen LogP contribution in [0.5, 0.6) is 0 Å². The molecule has 0 unspecified atom stereocenters. The molecule has 0 aliphatic carbocycles. The third-order valence-corrected chi connectivity index (χ3v) is 4.79. The molecule has 1 heterocycles. The van der Waals surface area contributed by atoms with Crippen molar-refractivity contribution in [3.63, 3.8) is 0 Å². The molecule has 1 aromatic heterocycles. The second kappa shape index (κ2) is 6.12. The molecule has 1 N–H and O–H groups in total. The molecule has 0 amide bonds. The monoisotopic (exact) mass is 256 g/mol. The predicted molar refractivity (Wildman–Crippen MR) is 69.6 cm³/mol. The van der Waals surface area contributed by atoms with Crippen molar-refractivity contribution in [3.05, 3.63) is 29.6 Å². The molecule has 1 rings (SSSR count). The van der Waals surface area contributed by atoms with Gasteiger partial charge in [0, 0.05) is 25.0 Å². The fraction of sp³-hybridized carbons (Fsp3) is 0.583. The Hall–Kier alpha value is -0.940. The molecule has 0 fully saturated rings. The van der Waals surface area contributed by atoms with Crippen LogP contribution in [0.4, 0.5) is 0 Å². The Morgan fingerprint density at radius 3 is 2.59 bits per heavy atom. The number of nitrogens with zero attached hydrogens (tertiary/aromatic N) is 1. The lowest BCUT2D eigenvalue weighted by Gasteiger charge is -2.08. The fourth-order valence-corrected chi connectivity index (χ4v) is 2.19. The molecule has 0 saturated carbocycles. The van der Waals surface area contributed by atoms with E-state index in [-0.39, 0.29) is 11.0 Å². The maximum atomic E-state index is 11.5. The Bertz CT molecular complexity index is 438. The Kier molecular flexibility index (Phi) is 5.08. The number of pyridine rings is 1. The highest BCUT2D eigenvalue weighted by atomic mass is 32.2. The smallest absolute Gasteiger partial charge is 0.153 e. The van der Waals surface area contributed by atoms with E-state index in [0.29, 0.717) is 13.1 Å². The number of nitrogens with one attached hydrogen (secondary N) is 1. The highest BCUT2D eigenvalue weighted by Gasteiger charge is 2.14. The molecule has 1 aromatic rings. The molecule has 0 aromatic carbocycles. The molecular weight excluding hydrogens is 236 g/mol. The lowest BCUT2D eigenvalue weighted by Crippen LogP contribution is -2.27. The van der Waals surface area contributed by atoms with E-state index in [1.807, 2.05) is 19.1 Å². The van der Waals surface area contributed by atoms with Gasteiger partial charge in [-0.3, -0.25) is 4.98 Å². The summed E-state index contributed by atoms with van der Waals surface area (Å²) >= 11 is 0. The predicted octanol–water partition coefficient (Wildman–Crippen LogP) is 1.30. The maximum absolute atomic E-state index is 11.5. The second-order valence-corrected chi connectivity index (χ2v) is 7.08. The van der Waals surface area contributed by atoms with Crippen LogP contribution in [0.15, 0.2) is 18.3 Å². The van der Waals surface area contributed by atoms with E-state index >= 15 is 0 Å². The van der Waals surface area contributed by atoms with E-state index in [4.69, 9.17) is 0 Å². The van der Waals surface area contributed by atoms with Gasteiger partial charge in [0.2, 0.25) is 0 Å². The lowest BCUT2D eigenvalue weighted by atomic mass is 10.2. The van der Waals surface area contributed by atoms with E-state index in [9.17, 15) is 8.42 Å². The molecule has 0 atom stereocenters. The van der Waals surface area contributed by atoms with Gasteiger partial charge in [0.25, 0.3) is 0 Å². The molecular formula is C12H20N2O2S. The third kappa shape index (κ3) is 4.83. The first-order valence-corrected chi connectivity index (χ1v) is 7.47. The molecule has 96 valence electrons. The van der Waals surface area contributed by atoms with Gasteiger partial charge in [0.15, 0.2) is 9.84 Å². The van der Waals surface area contributed by atoms with Crippen molar-refractivity contribution in [2.75, 3.05) is 12.3 Å². The number of aryl methyl sites for hydroxylation is 1. The van der Waals surface area contributed by atoms with Crippen molar-refractivity contribution in [1.82, 2.24) is 10.3 Å². The number of rotatable bonds is 6. The highest BCUT2D eigenvalue weighted by molar-refractivity contribution is 7.92. The molecule has 0 bridgehead atoms.